The van der Waals surface area contributed by atoms with Gasteiger partial charge in [-0.1, -0.05) is 15.9 Å². The van der Waals surface area contributed by atoms with Gasteiger partial charge in [-0.05, 0) is 25.7 Å². The Labute approximate surface area is 81.4 Å². The van der Waals surface area contributed by atoms with Crippen LogP contribution in [0.1, 0.15) is 32.6 Å². The summed E-state index contributed by atoms with van der Waals surface area (Å²) in [6, 6.07) is 1.07. The van der Waals surface area contributed by atoms with Gasteiger partial charge in [0.05, 0.1) is 0 Å². The van der Waals surface area contributed by atoms with E-state index in [2.05, 4.69) is 20.8 Å². The molecule has 2 heterocycles. The lowest BCUT2D eigenvalue weighted by Gasteiger charge is -2.36. The van der Waals surface area contributed by atoms with Crippen LogP contribution in [0, 0.1) is 0 Å². The fourth-order valence-electron chi connectivity index (χ4n) is 2.62. The molecule has 12 heavy (non-hydrogen) atoms. The fraction of sp³-hybridized carbons (Fsp3) is 0.889. The van der Waals surface area contributed by atoms with Gasteiger partial charge in [0.25, 0.3) is 0 Å². The summed E-state index contributed by atoms with van der Waals surface area (Å²) in [6.07, 6.45) is 4.73. The maximum absolute atomic E-state index is 11.3. The summed E-state index contributed by atoms with van der Waals surface area (Å²) in [7, 11) is 0. The molecule has 2 nitrogen and oxygen atoms in total. The third kappa shape index (κ3) is 1.28. The molecule has 2 saturated heterocycles. The molecule has 2 fully saturated rings. The van der Waals surface area contributed by atoms with Crippen molar-refractivity contribution in [2.24, 2.45) is 0 Å². The summed E-state index contributed by atoms with van der Waals surface area (Å²) >= 11 is 3.65. The van der Waals surface area contributed by atoms with E-state index in [0.717, 1.165) is 12.8 Å². The highest BCUT2D eigenvalue weighted by atomic mass is 79.9. The molecule has 0 radical (unpaired) electrons. The second-order valence-corrected chi connectivity index (χ2v) is 5.17. The van der Waals surface area contributed by atoms with Crippen molar-refractivity contribution in [2.45, 2.75) is 49.5 Å². The highest BCUT2D eigenvalue weighted by Crippen LogP contribution is 2.38. The third-order valence-electron chi connectivity index (χ3n) is 3.04. The molecule has 0 aliphatic carbocycles. The molecule has 2 rings (SSSR count). The average Bonchev–Trinajstić information content (AvgIpc) is 2.24. The summed E-state index contributed by atoms with van der Waals surface area (Å²) in [5.41, 5.74) is 0. The van der Waals surface area contributed by atoms with Crippen molar-refractivity contribution in [3.63, 3.8) is 0 Å². The summed E-state index contributed by atoms with van der Waals surface area (Å²) in [5.74, 6) is 0.266. The number of piperidine rings is 1. The Kier molecular flexibility index (Phi) is 2.15. The van der Waals surface area contributed by atoms with Crippen LogP contribution in [0.2, 0.25) is 0 Å². The Bertz CT molecular complexity index is 193. The summed E-state index contributed by atoms with van der Waals surface area (Å²) in [6.45, 7) is 1.69. The van der Waals surface area contributed by atoms with Crippen molar-refractivity contribution in [1.29, 1.82) is 0 Å². The Morgan fingerprint density at radius 2 is 1.83 bits per heavy atom. The van der Waals surface area contributed by atoms with Crippen molar-refractivity contribution in [3.05, 3.63) is 0 Å². The second kappa shape index (κ2) is 3.02. The first-order chi connectivity index (χ1) is 5.68. The number of rotatable bonds is 0. The molecule has 0 aromatic rings. The maximum atomic E-state index is 11.3. The van der Waals surface area contributed by atoms with Crippen LogP contribution >= 0.6 is 15.9 Å². The number of hydrogen-bond donors (Lipinski definition) is 0. The molecule has 2 aliphatic heterocycles. The van der Waals surface area contributed by atoms with Gasteiger partial charge in [0.1, 0.15) is 0 Å². The SMILES string of the molecule is CC(=O)N1C2CCC1CC(Br)C2. The van der Waals surface area contributed by atoms with Gasteiger partial charge in [0.2, 0.25) is 5.91 Å². The fourth-order valence-corrected chi connectivity index (χ4v) is 3.49. The zero-order valence-electron chi connectivity index (χ0n) is 7.29. The number of carbonyl (C=O) groups excluding carboxylic acids is 1. The van der Waals surface area contributed by atoms with Gasteiger partial charge >= 0.3 is 0 Å². The molecule has 0 aromatic carbocycles. The molecule has 2 atom stereocenters. The van der Waals surface area contributed by atoms with Gasteiger partial charge in [-0.2, -0.15) is 0 Å². The summed E-state index contributed by atoms with van der Waals surface area (Å²) in [5, 5.41) is 0. The van der Waals surface area contributed by atoms with Crippen LogP contribution in [0.5, 0.6) is 0 Å². The molecule has 3 heteroatoms. The van der Waals surface area contributed by atoms with Gasteiger partial charge in [-0.3, -0.25) is 4.79 Å². The van der Waals surface area contributed by atoms with Crippen LogP contribution < -0.4 is 0 Å². The normalized spacial score (nSPS) is 40.2. The monoisotopic (exact) mass is 231 g/mol. The first kappa shape index (κ1) is 8.54. The van der Waals surface area contributed by atoms with Crippen LogP contribution in [0.25, 0.3) is 0 Å². The minimum absolute atomic E-state index is 0.266. The largest absolute Gasteiger partial charge is 0.337 e. The number of amides is 1. The number of nitrogens with zero attached hydrogens (tertiary/aromatic N) is 1. The molecule has 0 N–H and O–H groups in total. The minimum atomic E-state index is 0.266. The van der Waals surface area contributed by atoms with Crippen molar-refractivity contribution in [3.8, 4) is 0 Å². The highest BCUT2D eigenvalue weighted by Gasteiger charge is 2.40. The lowest BCUT2D eigenvalue weighted by atomic mass is 10.0. The zero-order chi connectivity index (χ0) is 8.72. The van der Waals surface area contributed by atoms with E-state index in [4.69, 9.17) is 0 Å². The Balaban J connectivity index is 2.14. The molecule has 2 unspecified atom stereocenters. The van der Waals surface area contributed by atoms with Gasteiger partial charge in [0, 0.05) is 23.8 Å². The van der Waals surface area contributed by atoms with Crippen LogP contribution in [0.3, 0.4) is 0 Å². The minimum Gasteiger partial charge on any atom is -0.337 e. The lowest BCUT2D eigenvalue weighted by Crippen LogP contribution is -2.45. The first-order valence-electron chi connectivity index (χ1n) is 4.61. The van der Waals surface area contributed by atoms with Crippen molar-refractivity contribution >= 4 is 21.8 Å². The first-order valence-corrected chi connectivity index (χ1v) is 5.53. The van der Waals surface area contributed by atoms with Gasteiger partial charge < -0.3 is 4.90 Å². The lowest BCUT2D eigenvalue weighted by molar-refractivity contribution is -0.132. The maximum Gasteiger partial charge on any atom is 0.219 e. The van der Waals surface area contributed by atoms with Crippen LogP contribution in [0.4, 0.5) is 0 Å². The molecular weight excluding hydrogens is 218 g/mol. The van der Waals surface area contributed by atoms with E-state index in [1.165, 1.54) is 12.8 Å². The standard InChI is InChI=1S/C9H14BrNO/c1-6(12)11-8-2-3-9(11)5-7(10)4-8/h7-9H,2-5H2,1H3. The van der Waals surface area contributed by atoms with Crippen LogP contribution in [-0.2, 0) is 4.79 Å². The zero-order valence-corrected chi connectivity index (χ0v) is 8.88. The van der Waals surface area contributed by atoms with E-state index in [1.54, 1.807) is 6.92 Å². The quantitative estimate of drug-likeness (QED) is 0.584. The predicted octanol–water partition coefficient (Wildman–Crippen LogP) is 1.92. The Morgan fingerprint density at radius 1 is 1.33 bits per heavy atom. The van der Waals surface area contributed by atoms with Crippen LogP contribution in [-0.4, -0.2) is 27.7 Å². The van der Waals surface area contributed by atoms with Crippen LogP contribution in [0.15, 0.2) is 0 Å². The predicted molar refractivity (Wildman–Crippen MR) is 51.3 cm³/mol. The topological polar surface area (TPSA) is 20.3 Å². The highest BCUT2D eigenvalue weighted by molar-refractivity contribution is 9.09. The van der Waals surface area contributed by atoms with E-state index in [9.17, 15) is 4.79 Å². The molecule has 2 aliphatic rings. The van der Waals surface area contributed by atoms with E-state index >= 15 is 0 Å². The molecule has 2 bridgehead atoms. The number of alkyl halides is 1. The number of carbonyl (C=O) groups is 1. The van der Waals surface area contributed by atoms with E-state index in [1.807, 2.05) is 0 Å². The van der Waals surface area contributed by atoms with Gasteiger partial charge in [0.15, 0.2) is 0 Å². The second-order valence-electron chi connectivity index (χ2n) is 3.88. The molecule has 0 aromatic heterocycles. The van der Waals surface area contributed by atoms with Crippen molar-refractivity contribution in [2.75, 3.05) is 0 Å². The van der Waals surface area contributed by atoms with E-state index < -0.39 is 0 Å². The van der Waals surface area contributed by atoms with Crippen molar-refractivity contribution < 1.29 is 4.79 Å². The number of halogens is 1. The average molecular weight is 232 g/mol. The summed E-state index contributed by atoms with van der Waals surface area (Å²) < 4.78 is 0. The van der Waals surface area contributed by atoms with E-state index in [-0.39, 0.29) is 5.91 Å². The molecule has 0 saturated carbocycles. The van der Waals surface area contributed by atoms with Gasteiger partial charge in [-0.15, -0.1) is 0 Å². The molecule has 0 spiro atoms. The Hall–Kier alpha value is -0.0500. The van der Waals surface area contributed by atoms with E-state index in [0.29, 0.717) is 16.9 Å². The van der Waals surface area contributed by atoms with Crippen molar-refractivity contribution in [1.82, 2.24) is 4.90 Å². The molecule has 1 amide bonds. The smallest absolute Gasteiger partial charge is 0.219 e. The molecular formula is C9H14BrNO. The number of fused-ring (bicyclic) bond motifs is 2. The Morgan fingerprint density at radius 3 is 2.25 bits per heavy atom. The summed E-state index contributed by atoms with van der Waals surface area (Å²) in [4.78, 5) is 14.0. The van der Waals surface area contributed by atoms with Gasteiger partial charge in [-0.25, -0.2) is 0 Å². The third-order valence-corrected chi connectivity index (χ3v) is 3.79. The number of hydrogen-bond acceptors (Lipinski definition) is 1. The molecule has 68 valence electrons.